The zero-order chi connectivity index (χ0) is 18.8. The average molecular weight is 395 g/mol. The predicted octanol–water partition coefficient (Wildman–Crippen LogP) is 3.55. The molecule has 0 aliphatic carbocycles. The summed E-state index contributed by atoms with van der Waals surface area (Å²) >= 11 is 3.01. The average Bonchev–Trinajstić information content (AvgIpc) is 3.25. The van der Waals surface area contributed by atoms with Crippen LogP contribution in [0.2, 0.25) is 0 Å². The zero-order valence-corrected chi connectivity index (χ0v) is 16.6. The monoisotopic (exact) mass is 394 g/mol. The molecule has 2 heterocycles. The highest BCUT2D eigenvalue weighted by Gasteiger charge is 2.08. The smallest absolute Gasteiger partial charge is 0.312 e. The van der Waals surface area contributed by atoms with E-state index in [0.29, 0.717) is 17.6 Å². The summed E-state index contributed by atoms with van der Waals surface area (Å²) in [5.74, 6) is 0.402. The third-order valence-electron chi connectivity index (χ3n) is 3.65. The summed E-state index contributed by atoms with van der Waals surface area (Å²) < 4.78 is 0. The number of primary amides is 1. The molecule has 2 amide bonds. The number of nitrogens with one attached hydrogen (secondary N) is 2. The van der Waals surface area contributed by atoms with E-state index in [2.05, 4.69) is 27.5 Å². The fourth-order valence-electron chi connectivity index (χ4n) is 2.30. The number of nitrogens with zero attached hydrogens (tertiary/aromatic N) is 2. The largest absolute Gasteiger partial charge is 0.370 e. The SMILES string of the molecule is CCCCCCCN/C(N)=N/c1nc(-c2ccc(CNC(N)=O)s2)cs1. The summed E-state index contributed by atoms with van der Waals surface area (Å²) in [5.41, 5.74) is 11.9. The zero-order valence-electron chi connectivity index (χ0n) is 15.0. The van der Waals surface area contributed by atoms with Crippen molar-refractivity contribution in [3.8, 4) is 10.6 Å². The molecule has 2 rings (SSSR count). The molecule has 0 saturated heterocycles. The summed E-state index contributed by atoms with van der Waals surface area (Å²) in [5, 5.41) is 8.29. The molecule has 0 unspecified atom stereocenters. The van der Waals surface area contributed by atoms with Gasteiger partial charge in [-0.15, -0.1) is 22.7 Å². The van der Waals surface area contributed by atoms with Gasteiger partial charge in [-0.1, -0.05) is 32.6 Å². The summed E-state index contributed by atoms with van der Waals surface area (Å²) in [6, 6.07) is 3.40. The van der Waals surface area contributed by atoms with E-state index in [1.165, 1.54) is 37.0 Å². The van der Waals surface area contributed by atoms with Gasteiger partial charge in [0.15, 0.2) is 5.96 Å². The Labute approximate surface area is 161 Å². The Hall–Kier alpha value is -2.13. The number of thiophene rings is 1. The van der Waals surface area contributed by atoms with E-state index >= 15 is 0 Å². The highest BCUT2D eigenvalue weighted by molar-refractivity contribution is 7.16. The lowest BCUT2D eigenvalue weighted by molar-refractivity contribution is 0.248. The maximum Gasteiger partial charge on any atom is 0.312 e. The Morgan fingerprint density at radius 2 is 2.00 bits per heavy atom. The molecule has 142 valence electrons. The molecule has 9 heteroatoms. The summed E-state index contributed by atoms with van der Waals surface area (Å²) in [4.78, 5) is 21.6. The number of rotatable bonds is 10. The number of hydrogen-bond donors (Lipinski definition) is 4. The molecular formula is C17H26N6OS2. The molecule has 2 aromatic heterocycles. The Kier molecular flexibility index (Phi) is 8.36. The van der Waals surface area contributed by atoms with Gasteiger partial charge in [-0.25, -0.2) is 9.78 Å². The third kappa shape index (κ3) is 7.01. The molecule has 26 heavy (non-hydrogen) atoms. The fourth-order valence-corrected chi connectivity index (χ4v) is 3.98. The van der Waals surface area contributed by atoms with E-state index < -0.39 is 6.03 Å². The molecule has 7 nitrogen and oxygen atoms in total. The van der Waals surface area contributed by atoms with E-state index in [-0.39, 0.29) is 0 Å². The molecule has 6 N–H and O–H groups in total. The van der Waals surface area contributed by atoms with Crippen LogP contribution >= 0.6 is 22.7 Å². The van der Waals surface area contributed by atoms with Gasteiger partial charge in [0.2, 0.25) is 5.13 Å². The normalized spacial score (nSPS) is 11.5. The van der Waals surface area contributed by atoms with Gasteiger partial charge in [-0.3, -0.25) is 0 Å². The van der Waals surface area contributed by atoms with E-state index in [9.17, 15) is 4.79 Å². The van der Waals surface area contributed by atoms with Crippen molar-refractivity contribution in [1.29, 1.82) is 0 Å². The van der Waals surface area contributed by atoms with Crippen molar-refractivity contribution in [2.75, 3.05) is 6.54 Å². The van der Waals surface area contributed by atoms with Gasteiger partial charge in [0.05, 0.1) is 17.1 Å². The first-order valence-corrected chi connectivity index (χ1v) is 10.4. The fraction of sp³-hybridized carbons (Fsp3) is 0.471. The number of aliphatic imine (C=N–C) groups is 1. The van der Waals surface area contributed by atoms with Crippen LogP contribution in [0, 0.1) is 0 Å². The van der Waals surface area contributed by atoms with Crippen LogP contribution in [0.4, 0.5) is 9.93 Å². The van der Waals surface area contributed by atoms with Crippen molar-refractivity contribution in [3.05, 3.63) is 22.4 Å². The van der Waals surface area contributed by atoms with Crippen LogP contribution in [-0.4, -0.2) is 23.5 Å². The van der Waals surface area contributed by atoms with Crippen molar-refractivity contribution in [1.82, 2.24) is 15.6 Å². The van der Waals surface area contributed by atoms with Crippen LogP contribution in [0.15, 0.2) is 22.5 Å². The topological polar surface area (TPSA) is 118 Å². The Morgan fingerprint density at radius 1 is 1.19 bits per heavy atom. The number of guanidine groups is 1. The Morgan fingerprint density at radius 3 is 2.77 bits per heavy atom. The van der Waals surface area contributed by atoms with E-state index in [1.807, 2.05) is 17.5 Å². The highest BCUT2D eigenvalue weighted by atomic mass is 32.1. The molecule has 0 bridgehead atoms. The molecular weight excluding hydrogens is 368 g/mol. The van der Waals surface area contributed by atoms with Crippen LogP contribution in [0.1, 0.15) is 43.9 Å². The minimum atomic E-state index is -0.529. The molecule has 0 aliphatic rings. The standard InChI is InChI=1S/C17H26N6OS2/c1-2-3-4-5-6-9-20-15(18)23-17-22-13(11-25-17)14-8-7-12(26-14)10-21-16(19)24/h7-8,11H,2-6,9-10H2,1H3,(H3,19,21,24)(H3,18,20,22,23). The van der Waals surface area contributed by atoms with Crippen LogP contribution in [0.25, 0.3) is 10.6 Å². The summed E-state index contributed by atoms with van der Waals surface area (Å²) in [6.07, 6.45) is 6.10. The summed E-state index contributed by atoms with van der Waals surface area (Å²) in [6.45, 7) is 3.46. The number of carbonyl (C=O) groups excluding carboxylic acids is 1. The van der Waals surface area contributed by atoms with Gasteiger partial charge in [-0.2, -0.15) is 4.99 Å². The molecule has 0 fully saturated rings. The first-order valence-electron chi connectivity index (χ1n) is 8.74. The number of urea groups is 1. The molecule has 0 spiro atoms. The highest BCUT2D eigenvalue weighted by Crippen LogP contribution is 2.31. The number of thiazole rings is 1. The summed E-state index contributed by atoms with van der Waals surface area (Å²) in [7, 11) is 0. The van der Waals surface area contributed by atoms with Gasteiger partial charge >= 0.3 is 6.03 Å². The van der Waals surface area contributed by atoms with Crippen molar-refractivity contribution < 1.29 is 4.79 Å². The molecule has 0 radical (unpaired) electrons. The van der Waals surface area contributed by atoms with Crippen molar-refractivity contribution in [2.45, 2.75) is 45.6 Å². The maximum atomic E-state index is 10.8. The number of aromatic nitrogens is 1. The van der Waals surface area contributed by atoms with Crippen molar-refractivity contribution in [3.63, 3.8) is 0 Å². The number of unbranched alkanes of at least 4 members (excludes halogenated alkanes) is 4. The number of nitrogens with two attached hydrogens (primary N) is 2. The minimum Gasteiger partial charge on any atom is -0.370 e. The van der Waals surface area contributed by atoms with E-state index in [1.54, 1.807) is 11.3 Å². The molecule has 0 atom stereocenters. The molecule has 0 saturated carbocycles. The molecule has 2 aromatic rings. The van der Waals surface area contributed by atoms with Crippen LogP contribution in [0.3, 0.4) is 0 Å². The Balaban J connectivity index is 1.83. The second-order valence-electron chi connectivity index (χ2n) is 5.84. The van der Waals surface area contributed by atoms with E-state index in [4.69, 9.17) is 11.5 Å². The van der Waals surface area contributed by atoms with Gasteiger partial charge in [0.25, 0.3) is 0 Å². The van der Waals surface area contributed by atoms with Gasteiger partial charge in [0.1, 0.15) is 0 Å². The van der Waals surface area contributed by atoms with Crippen LogP contribution in [-0.2, 0) is 6.54 Å². The first kappa shape index (κ1) is 20.2. The lowest BCUT2D eigenvalue weighted by atomic mass is 10.1. The second kappa shape index (κ2) is 10.8. The quantitative estimate of drug-likeness (QED) is 0.280. The third-order valence-corrected chi connectivity index (χ3v) is 5.49. The predicted molar refractivity (Wildman–Crippen MR) is 110 cm³/mol. The number of hydrogen-bond acceptors (Lipinski definition) is 5. The van der Waals surface area contributed by atoms with Gasteiger partial charge in [-0.05, 0) is 18.6 Å². The Bertz CT molecular complexity index is 724. The molecule has 0 aliphatic heterocycles. The lowest BCUT2D eigenvalue weighted by Crippen LogP contribution is -2.31. The van der Waals surface area contributed by atoms with Crippen molar-refractivity contribution >= 4 is 39.8 Å². The van der Waals surface area contributed by atoms with Crippen molar-refractivity contribution in [2.24, 2.45) is 16.5 Å². The van der Waals surface area contributed by atoms with Crippen LogP contribution in [0.5, 0.6) is 0 Å². The maximum absolute atomic E-state index is 10.8. The number of carbonyl (C=O) groups is 1. The van der Waals surface area contributed by atoms with Crippen LogP contribution < -0.4 is 22.1 Å². The van der Waals surface area contributed by atoms with E-state index in [0.717, 1.165) is 28.4 Å². The minimum absolute atomic E-state index is 0.402. The second-order valence-corrected chi connectivity index (χ2v) is 7.84. The molecule has 0 aromatic carbocycles. The lowest BCUT2D eigenvalue weighted by Gasteiger charge is -2.04. The first-order chi connectivity index (χ1) is 12.6. The van der Waals surface area contributed by atoms with Gasteiger partial charge in [0, 0.05) is 16.8 Å². The van der Waals surface area contributed by atoms with Gasteiger partial charge < -0.3 is 22.1 Å². The number of amides is 2.